The van der Waals surface area contributed by atoms with E-state index in [-0.39, 0.29) is 5.56 Å². The first kappa shape index (κ1) is 15.7. The molecule has 4 nitrogen and oxygen atoms in total. The topological polar surface area (TPSA) is 54.1 Å². The molecule has 0 saturated carbocycles. The maximum atomic E-state index is 12.2. The Kier molecular flexibility index (Phi) is 4.46. The molecule has 0 fully saturated rings. The molecule has 3 aromatic rings. The third-order valence-electron chi connectivity index (χ3n) is 3.54. The number of halogens is 2. The van der Waals surface area contributed by atoms with Gasteiger partial charge in [-0.1, -0.05) is 35.3 Å². The molecule has 2 aromatic carbocycles. The summed E-state index contributed by atoms with van der Waals surface area (Å²) < 4.78 is 5.18. The van der Waals surface area contributed by atoms with Crippen molar-refractivity contribution in [3.63, 3.8) is 0 Å². The van der Waals surface area contributed by atoms with Gasteiger partial charge in [0, 0.05) is 29.2 Å². The van der Waals surface area contributed by atoms with Crippen LogP contribution in [0.4, 0.5) is 5.69 Å². The molecule has 0 bridgehead atoms. The minimum Gasteiger partial charge on any atom is -0.495 e. The summed E-state index contributed by atoms with van der Waals surface area (Å²) in [7, 11) is 1.56. The number of hydrogen-bond acceptors (Lipinski definition) is 3. The van der Waals surface area contributed by atoms with Crippen LogP contribution in [0.1, 0.15) is 5.56 Å². The van der Waals surface area contributed by atoms with E-state index in [1.807, 2.05) is 24.3 Å². The molecule has 3 rings (SSSR count). The van der Waals surface area contributed by atoms with Crippen LogP contribution in [0.5, 0.6) is 5.75 Å². The molecule has 6 heteroatoms. The summed E-state index contributed by atoms with van der Waals surface area (Å²) in [6.07, 6.45) is 0. The minimum absolute atomic E-state index is 0.168. The van der Waals surface area contributed by atoms with E-state index < -0.39 is 0 Å². The number of pyridine rings is 1. The first-order valence-electron chi connectivity index (χ1n) is 6.96. The zero-order valence-corrected chi connectivity index (χ0v) is 13.8. The van der Waals surface area contributed by atoms with Gasteiger partial charge in [-0.05, 0) is 24.3 Å². The molecule has 0 atom stereocenters. The van der Waals surface area contributed by atoms with E-state index >= 15 is 0 Å². The quantitative estimate of drug-likeness (QED) is 0.731. The van der Waals surface area contributed by atoms with E-state index in [9.17, 15) is 4.79 Å². The average molecular weight is 349 g/mol. The van der Waals surface area contributed by atoms with Crippen molar-refractivity contribution in [3.05, 3.63) is 68.4 Å². The normalized spacial score (nSPS) is 10.7. The van der Waals surface area contributed by atoms with Gasteiger partial charge in [0.15, 0.2) is 0 Å². The highest BCUT2D eigenvalue weighted by Gasteiger charge is 2.06. The first-order chi connectivity index (χ1) is 11.1. The summed E-state index contributed by atoms with van der Waals surface area (Å²) in [5.41, 5.74) is 1.92. The van der Waals surface area contributed by atoms with Crippen LogP contribution in [0.2, 0.25) is 10.0 Å². The lowest BCUT2D eigenvalue weighted by Crippen LogP contribution is -2.15. The number of aromatic amines is 1. The Hall–Kier alpha value is -2.17. The maximum Gasteiger partial charge on any atom is 0.253 e. The third kappa shape index (κ3) is 3.28. The second kappa shape index (κ2) is 6.52. The van der Waals surface area contributed by atoms with Gasteiger partial charge >= 0.3 is 0 Å². The fraction of sp³-hybridized carbons (Fsp3) is 0.118. The molecule has 0 amide bonds. The third-order valence-corrected chi connectivity index (χ3v) is 4.17. The van der Waals surface area contributed by atoms with Crippen molar-refractivity contribution >= 4 is 39.8 Å². The smallest absolute Gasteiger partial charge is 0.253 e. The van der Waals surface area contributed by atoms with Crippen molar-refractivity contribution in [2.24, 2.45) is 0 Å². The second-order valence-electron chi connectivity index (χ2n) is 5.03. The largest absolute Gasteiger partial charge is 0.495 e. The molecule has 0 saturated heterocycles. The van der Waals surface area contributed by atoms with Crippen molar-refractivity contribution in [2.75, 3.05) is 12.4 Å². The second-order valence-corrected chi connectivity index (χ2v) is 5.85. The van der Waals surface area contributed by atoms with Crippen LogP contribution in [-0.2, 0) is 6.54 Å². The summed E-state index contributed by atoms with van der Waals surface area (Å²) in [6, 6.07) is 12.7. The van der Waals surface area contributed by atoms with Crippen LogP contribution in [0, 0.1) is 0 Å². The number of benzene rings is 2. The van der Waals surface area contributed by atoms with Crippen LogP contribution in [0.25, 0.3) is 10.9 Å². The van der Waals surface area contributed by atoms with Crippen molar-refractivity contribution in [2.45, 2.75) is 6.54 Å². The Morgan fingerprint density at radius 2 is 1.96 bits per heavy atom. The number of ether oxygens (including phenoxy) is 1. The van der Waals surface area contributed by atoms with Crippen molar-refractivity contribution < 1.29 is 4.74 Å². The highest BCUT2D eigenvalue weighted by molar-refractivity contribution is 6.35. The molecule has 1 aromatic heterocycles. The van der Waals surface area contributed by atoms with Gasteiger partial charge in [-0.2, -0.15) is 0 Å². The Bertz CT molecular complexity index is 922. The number of methoxy groups -OCH3 is 1. The van der Waals surface area contributed by atoms with Crippen LogP contribution < -0.4 is 15.6 Å². The summed E-state index contributed by atoms with van der Waals surface area (Å²) in [5.74, 6) is 0.580. The predicted molar refractivity (Wildman–Crippen MR) is 94.9 cm³/mol. The number of H-pyrrole nitrogens is 1. The van der Waals surface area contributed by atoms with Crippen LogP contribution in [0.15, 0.2) is 47.3 Å². The summed E-state index contributed by atoms with van der Waals surface area (Å²) in [5, 5.41) is 5.15. The Morgan fingerprint density at radius 1 is 1.13 bits per heavy atom. The van der Waals surface area contributed by atoms with Gasteiger partial charge in [0.25, 0.3) is 5.56 Å². The Labute approximate surface area is 143 Å². The van der Waals surface area contributed by atoms with E-state index in [0.29, 0.717) is 33.4 Å². The lowest BCUT2D eigenvalue weighted by molar-refractivity contribution is 0.415. The SMILES string of the molecule is COc1cc(NCc2cc3cccc(Cl)c3[nH]c2=O)ccc1Cl. The molecule has 0 spiro atoms. The predicted octanol–water partition coefficient (Wildman–Crippen LogP) is 4.46. The van der Waals surface area contributed by atoms with Gasteiger partial charge in [0.1, 0.15) is 5.75 Å². The van der Waals surface area contributed by atoms with E-state index in [0.717, 1.165) is 11.1 Å². The number of para-hydroxylation sites is 1. The summed E-state index contributed by atoms with van der Waals surface area (Å²) in [6.45, 7) is 0.378. The minimum atomic E-state index is -0.168. The van der Waals surface area contributed by atoms with Gasteiger partial charge in [-0.3, -0.25) is 4.79 Å². The van der Waals surface area contributed by atoms with Crippen molar-refractivity contribution in [1.29, 1.82) is 0 Å². The Morgan fingerprint density at radius 3 is 2.74 bits per heavy atom. The molecule has 118 valence electrons. The summed E-state index contributed by atoms with van der Waals surface area (Å²) >= 11 is 12.1. The van der Waals surface area contributed by atoms with E-state index in [1.165, 1.54) is 0 Å². The van der Waals surface area contributed by atoms with Gasteiger partial charge in [0.05, 0.1) is 22.7 Å². The first-order valence-corrected chi connectivity index (χ1v) is 7.72. The molecule has 23 heavy (non-hydrogen) atoms. The maximum absolute atomic E-state index is 12.2. The van der Waals surface area contributed by atoms with E-state index in [1.54, 1.807) is 25.3 Å². The van der Waals surface area contributed by atoms with Crippen LogP contribution in [-0.4, -0.2) is 12.1 Å². The monoisotopic (exact) mass is 348 g/mol. The molecule has 1 heterocycles. The zero-order chi connectivity index (χ0) is 16.4. The van der Waals surface area contributed by atoms with Crippen LogP contribution in [0.3, 0.4) is 0 Å². The molecular formula is C17H14Cl2N2O2. The lowest BCUT2D eigenvalue weighted by Gasteiger charge is -2.10. The van der Waals surface area contributed by atoms with Gasteiger partial charge in [0.2, 0.25) is 0 Å². The molecule has 2 N–H and O–H groups in total. The van der Waals surface area contributed by atoms with Gasteiger partial charge in [-0.15, -0.1) is 0 Å². The molecule has 0 radical (unpaired) electrons. The number of hydrogen-bond donors (Lipinski definition) is 2. The highest BCUT2D eigenvalue weighted by Crippen LogP contribution is 2.27. The molecule has 0 aliphatic carbocycles. The van der Waals surface area contributed by atoms with Gasteiger partial charge in [-0.25, -0.2) is 0 Å². The van der Waals surface area contributed by atoms with Crippen molar-refractivity contribution in [3.8, 4) is 5.75 Å². The van der Waals surface area contributed by atoms with Crippen molar-refractivity contribution in [1.82, 2.24) is 4.98 Å². The number of anilines is 1. The number of fused-ring (bicyclic) bond motifs is 1. The molecular weight excluding hydrogens is 335 g/mol. The van der Waals surface area contributed by atoms with E-state index in [2.05, 4.69) is 10.3 Å². The number of rotatable bonds is 4. The highest BCUT2D eigenvalue weighted by atomic mass is 35.5. The zero-order valence-electron chi connectivity index (χ0n) is 12.3. The fourth-order valence-electron chi connectivity index (χ4n) is 2.34. The Balaban J connectivity index is 1.87. The van der Waals surface area contributed by atoms with Crippen LogP contribution >= 0.6 is 23.2 Å². The molecule has 0 unspecified atom stereocenters. The lowest BCUT2D eigenvalue weighted by atomic mass is 10.1. The average Bonchev–Trinajstić information content (AvgIpc) is 2.55. The summed E-state index contributed by atoms with van der Waals surface area (Å²) in [4.78, 5) is 15.0. The standard InChI is InChI=1S/C17H14Cl2N2O2/c1-23-15-8-12(5-6-13(15)18)20-9-11-7-10-3-2-4-14(19)16(10)21-17(11)22/h2-8,20H,9H2,1H3,(H,21,22). The molecule has 0 aliphatic rings. The van der Waals surface area contributed by atoms with Gasteiger partial charge < -0.3 is 15.0 Å². The van der Waals surface area contributed by atoms with E-state index in [4.69, 9.17) is 27.9 Å². The molecule has 0 aliphatic heterocycles. The number of nitrogens with one attached hydrogen (secondary N) is 2. The number of aromatic nitrogens is 1. The fourth-order valence-corrected chi connectivity index (χ4v) is 2.76.